The van der Waals surface area contributed by atoms with Crippen LogP contribution < -0.4 is 0 Å². The first kappa shape index (κ1) is 33.0. The van der Waals surface area contributed by atoms with Crippen LogP contribution in [0.2, 0.25) is 0 Å². The van der Waals surface area contributed by atoms with Gasteiger partial charge in [-0.3, -0.25) is 9.98 Å². The van der Waals surface area contributed by atoms with Crippen molar-refractivity contribution in [3.8, 4) is 28.0 Å². The van der Waals surface area contributed by atoms with E-state index < -0.39 is 0 Å². The van der Waals surface area contributed by atoms with Crippen LogP contribution in [0, 0.1) is 20.8 Å². The zero-order valence-electron chi connectivity index (χ0n) is 25.3. The number of benzene rings is 4. The Morgan fingerprint density at radius 2 is 1.19 bits per heavy atom. The predicted octanol–water partition coefficient (Wildman–Crippen LogP) is 11.2. The van der Waals surface area contributed by atoms with Crippen molar-refractivity contribution in [2.45, 2.75) is 66.0 Å². The van der Waals surface area contributed by atoms with Gasteiger partial charge < -0.3 is 10.4 Å². The summed E-state index contributed by atoms with van der Waals surface area (Å²) in [6, 6.07) is 28.5. The van der Waals surface area contributed by atoms with Crippen molar-refractivity contribution in [1.29, 1.82) is 0 Å². The Bertz CT molecular complexity index is 1510. The van der Waals surface area contributed by atoms with E-state index in [1.165, 1.54) is 16.7 Å². The van der Waals surface area contributed by atoms with E-state index in [1.807, 2.05) is 72.8 Å². The van der Waals surface area contributed by atoms with Crippen molar-refractivity contribution in [2.24, 2.45) is 9.98 Å². The molecular formula is C36H38Cl2FeN3O. The minimum atomic E-state index is 0.0401. The summed E-state index contributed by atoms with van der Waals surface area (Å²) in [4.78, 5) is 10.1. The Morgan fingerprint density at radius 3 is 1.65 bits per heavy atom. The van der Waals surface area contributed by atoms with E-state index in [0.29, 0.717) is 0 Å². The number of hydrogen-bond acceptors (Lipinski definition) is 3. The normalized spacial score (nSPS) is 17.3. The Morgan fingerprint density at radius 1 is 0.744 bits per heavy atom. The number of aliphatic imine (C=N–C) groups is 2. The van der Waals surface area contributed by atoms with E-state index in [0.717, 1.165) is 64.3 Å². The molecule has 0 aromatic heterocycles. The molecule has 0 bridgehead atoms. The van der Waals surface area contributed by atoms with E-state index >= 15 is 0 Å². The maximum atomic E-state index is 11.3. The third-order valence-corrected chi connectivity index (χ3v) is 7.77. The first-order valence-electron chi connectivity index (χ1n) is 14.4. The summed E-state index contributed by atoms with van der Waals surface area (Å²) in [5.41, 5.74) is 11.1. The molecule has 1 aliphatic heterocycles. The molecule has 0 aliphatic carbocycles. The zero-order valence-corrected chi connectivity index (χ0v) is 27.9. The Labute approximate surface area is 270 Å². The quantitative estimate of drug-likeness (QED) is 0.163. The molecule has 2 atom stereocenters. The second-order valence-corrected chi connectivity index (χ2v) is 12.9. The Balaban J connectivity index is 0.00000135. The van der Waals surface area contributed by atoms with Crippen LogP contribution in [0.1, 0.15) is 49.8 Å². The molecule has 4 aromatic carbocycles. The number of aryl methyl sites for hydroxylation is 3. The van der Waals surface area contributed by atoms with Crippen molar-refractivity contribution < 1.29 is 18.2 Å². The van der Waals surface area contributed by atoms with Crippen LogP contribution in [-0.4, -0.2) is 28.6 Å². The van der Waals surface area contributed by atoms with Crippen LogP contribution in [0.4, 0.5) is 11.4 Å². The molecule has 225 valence electrons. The average molecular weight is 655 g/mol. The average Bonchev–Trinajstić information content (AvgIpc) is 3.01. The molecule has 0 amide bonds. The van der Waals surface area contributed by atoms with E-state index in [2.05, 4.69) is 46.8 Å². The number of phenols is 1. The first-order chi connectivity index (χ1) is 20.7. The van der Waals surface area contributed by atoms with Crippen LogP contribution in [0.15, 0.2) is 94.9 Å². The molecule has 0 saturated carbocycles. The topological polar surface area (TPSA) is 59.1 Å². The number of halogens is 2. The molecule has 1 fully saturated rings. The number of rotatable bonds is 6. The van der Waals surface area contributed by atoms with Gasteiger partial charge in [-0.1, -0.05) is 110 Å². The van der Waals surface area contributed by atoms with E-state index in [1.54, 1.807) is 0 Å². The predicted molar refractivity (Wildman–Crippen MR) is 182 cm³/mol. The number of hydrogen-bond donors (Lipinski definition) is 1. The minimum absolute atomic E-state index is 0.0401. The summed E-state index contributed by atoms with van der Waals surface area (Å²) >= 11 is 0.194. The number of aromatic hydroxyl groups is 1. The van der Waals surface area contributed by atoms with Gasteiger partial charge in [-0.05, 0) is 80.4 Å². The maximum absolute atomic E-state index is 11.3. The van der Waals surface area contributed by atoms with Crippen LogP contribution >= 0.6 is 20.2 Å². The summed E-state index contributed by atoms with van der Waals surface area (Å²) in [7, 11) is 9.53. The summed E-state index contributed by atoms with van der Waals surface area (Å²) in [5.74, 6) is 0.268. The molecule has 2 unspecified atom stereocenters. The van der Waals surface area contributed by atoms with Crippen molar-refractivity contribution in [3.63, 3.8) is 0 Å². The summed E-state index contributed by atoms with van der Waals surface area (Å²) < 4.78 is 0. The van der Waals surface area contributed by atoms with Gasteiger partial charge in [0.2, 0.25) is 0 Å². The van der Waals surface area contributed by atoms with Gasteiger partial charge in [0.25, 0.3) is 0 Å². The fraction of sp³-hybridized carbons (Fsp3) is 0.278. The van der Waals surface area contributed by atoms with Crippen LogP contribution in [0.25, 0.3) is 27.6 Å². The van der Waals surface area contributed by atoms with Gasteiger partial charge in [-0.15, -0.1) is 0 Å². The zero-order chi connectivity index (χ0) is 30.9. The summed E-state index contributed by atoms with van der Waals surface area (Å²) in [6.45, 7) is 10.6. The van der Waals surface area contributed by atoms with E-state index in [9.17, 15) is 5.11 Å². The molecule has 1 heterocycles. The summed E-state index contributed by atoms with van der Waals surface area (Å²) in [6.07, 6.45) is 3.08. The molecule has 5 rings (SSSR count). The fourth-order valence-corrected chi connectivity index (χ4v) is 5.74. The Kier molecular flexibility index (Phi) is 12.0. The molecule has 7 heteroatoms. The van der Waals surface area contributed by atoms with Crippen molar-refractivity contribution in [1.82, 2.24) is 0 Å². The van der Waals surface area contributed by atoms with Gasteiger partial charge in [0.1, 0.15) is 5.75 Å². The van der Waals surface area contributed by atoms with Gasteiger partial charge in [0, 0.05) is 11.1 Å². The second-order valence-electron chi connectivity index (χ2n) is 11.0. The number of phenolic OH excluding ortho intramolecular Hbond substituents is 1. The van der Waals surface area contributed by atoms with Crippen molar-refractivity contribution in [2.75, 3.05) is 0 Å². The standard InChI is InChI=1S/C36H38N3O.2ClH.Fe/c1-23-19-24(2)35(25(3)20-23)38-27(5)34-18-12-17-33(39-34)26(4)37-30-21-31(28-13-8-6-9-14-28)36(40)32(22-30)29-15-10-7-11-16-29;;;/h6-11,13-16,19-22,33-34,40H,12,17-18H2,1-5H3;2*1H;/q-1;;;+3/p-2. The molecule has 1 N–H and O–H groups in total. The SMILES string of the molecule is CC(=Nc1cc(-c2ccccc2)c(O)c(-c2ccccc2)c1)C1CCCC(C(C)=Nc2c(C)cc(C)cc2C)[N-]1.[Cl][Fe+][Cl]. The molecule has 0 spiro atoms. The Hall–Kier alpha value is -2.92. The van der Waals surface area contributed by atoms with Crippen LogP contribution in [0.3, 0.4) is 0 Å². The third-order valence-electron chi connectivity index (χ3n) is 7.77. The van der Waals surface area contributed by atoms with Crippen molar-refractivity contribution >= 4 is 43.0 Å². The second kappa shape index (κ2) is 15.7. The van der Waals surface area contributed by atoms with E-state index in [4.69, 9.17) is 35.5 Å². The molecule has 4 aromatic rings. The van der Waals surface area contributed by atoms with Gasteiger partial charge in [0.15, 0.2) is 0 Å². The first-order valence-corrected chi connectivity index (χ1v) is 17.5. The van der Waals surface area contributed by atoms with Gasteiger partial charge >= 0.3 is 33.3 Å². The van der Waals surface area contributed by atoms with Gasteiger partial charge in [-0.2, -0.15) is 0 Å². The monoisotopic (exact) mass is 654 g/mol. The number of nitrogens with zero attached hydrogens (tertiary/aromatic N) is 3. The fourth-order valence-electron chi connectivity index (χ4n) is 5.74. The van der Waals surface area contributed by atoms with Crippen LogP contribution in [0.5, 0.6) is 5.75 Å². The molecule has 43 heavy (non-hydrogen) atoms. The van der Waals surface area contributed by atoms with Crippen LogP contribution in [-0.2, 0) is 13.1 Å². The third kappa shape index (κ3) is 8.59. The molecule has 1 saturated heterocycles. The molecular weight excluding hydrogens is 617 g/mol. The molecule has 4 nitrogen and oxygen atoms in total. The van der Waals surface area contributed by atoms with Gasteiger partial charge in [0.05, 0.1) is 11.4 Å². The van der Waals surface area contributed by atoms with Gasteiger partial charge in [-0.25, -0.2) is 0 Å². The molecule has 0 radical (unpaired) electrons. The number of piperidine rings is 1. The van der Waals surface area contributed by atoms with E-state index in [-0.39, 0.29) is 31.0 Å². The van der Waals surface area contributed by atoms with Crippen molar-refractivity contribution in [3.05, 3.63) is 107 Å². The molecule has 1 aliphatic rings. The summed E-state index contributed by atoms with van der Waals surface area (Å²) in [5, 5.41) is 16.5.